The molecule has 0 unspecified atom stereocenters. The molecular weight excluding hydrogens is 395 g/mol. The summed E-state index contributed by atoms with van der Waals surface area (Å²) in [5.74, 6) is 1.53. The van der Waals surface area contributed by atoms with Crippen LogP contribution in [-0.4, -0.2) is 34.3 Å². The first-order chi connectivity index (χ1) is 13.7. The largest absolute Gasteiger partial charge is 0.356 e. The smallest absolute Gasteiger partial charge is 0.191 e. The van der Waals surface area contributed by atoms with Crippen LogP contribution in [0.1, 0.15) is 17.5 Å². The minimum absolute atomic E-state index is 0.638. The highest BCUT2D eigenvalue weighted by Gasteiger charge is 2.04. The summed E-state index contributed by atoms with van der Waals surface area (Å²) in [7, 11) is 1.76. The Kier molecular flexibility index (Phi) is 7.28. The summed E-state index contributed by atoms with van der Waals surface area (Å²) in [6.45, 7) is 1.42. The number of aryl methyl sites for hydroxylation is 1. The van der Waals surface area contributed by atoms with Crippen molar-refractivity contribution in [2.24, 2.45) is 4.99 Å². The number of pyridine rings is 1. The fraction of sp³-hybridized carbons (Fsp3) is 0.250. The number of rotatable bonds is 7. The first kappa shape index (κ1) is 20.2. The van der Waals surface area contributed by atoms with Gasteiger partial charge in [0.1, 0.15) is 0 Å². The van der Waals surface area contributed by atoms with Crippen LogP contribution in [-0.2, 0) is 13.0 Å². The third kappa shape index (κ3) is 5.71. The predicted molar refractivity (Wildman–Crippen MR) is 114 cm³/mol. The zero-order valence-electron chi connectivity index (χ0n) is 15.6. The lowest BCUT2D eigenvalue weighted by atomic mass is 10.1. The molecule has 2 N–H and O–H groups in total. The second kappa shape index (κ2) is 10.1. The summed E-state index contributed by atoms with van der Waals surface area (Å²) in [6.07, 6.45) is 7.18. The third-order valence-corrected chi connectivity index (χ3v) is 4.75. The zero-order chi connectivity index (χ0) is 19.8. The summed E-state index contributed by atoms with van der Waals surface area (Å²) >= 11 is 12.1. The average molecular weight is 417 g/mol. The maximum atomic E-state index is 6.21. The highest BCUT2D eigenvalue weighted by molar-refractivity contribution is 6.35. The van der Waals surface area contributed by atoms with E-state index in [0.717, 1.165) is 42.3 Å². The van der Waals surface area contributed by atoms with Crippen molar-refractivity contribution in [3.63, 3.8) is 0 Å². The second-order valence-electron chi connectivity index (χ2n) is 6.16. The van der Waals surface area contributed by atoms with E-state index in [1.807, 2.05) is 36.5 Å². The van der Waals surface area contributed by atoms with Gasteiger partial charge in [0.25, 0.3) is 0 Å². The maximum Gasteiger partial charge on any atom is 0.191 e. The molecule has 0 saturated heterocycles. The molecule has 0 aliphatic heterocycles. The molecule has 28 heavy (non-hydrogen) atoms. The van der Waals surface area contributed by atoms with Gasteiger partial charge in [0.15, 0.2) is 11.8 Å². The fourth-order valence-electron chi connectivity index (χ4n) is 2.72. The number of nitrogens with one attached hydrogen (secondary N) is 2. The van der Waals surface area contributed by atoms with Crippen LogP contribution in [0.25, 0.3) is 5.82 Å². The molecule has 1 aromatic carbocycles. The molecule has 3 rings (SSSR count). The van der Waals surface area contributed by atoms with Crippen molar-refractivity contribution in [3.05, 3.63) is 76.2 Å². The van der Waals surface area contributed by atoms with Crippen molar-refractivity contribution in [2.75, 3.05) is 13.6 Å². The van der Waals surface area contributed by atoms with Gasteiger partial charge in [-0.3, -0.25) is 4.99 Å². The van der Waals surface area contributed by atoms with Gasteiger partial charge < -0.3 is 10.6 Å². The predicted octanol–water partition coefficient (Wildman–Crippen LogP) is 3.87. The highest BCUT2D eigenvalue weighted by Crippen LogP contribution is 2.21. The molecule has 0 spiro atoms. The maximum absolute atomic E-state index is 6.21. The summed E-state index contributed by atoms with van der Waals surface area (Å²) < 4.78 is 1.73. The molecule has 0 aliphatic rings. The Balaban J connectivity index is 1.45. The van der Waals surface area contributed by atoms with E-state index in [1.54, 1.807) is 30.2 Å². The molecule has 0 fully saturated rings. The van der Waals surface area contributed by atoms with Crippen molar-refractivity contribution in [2.45, 2.75) is 19.4 Å². The van der Waals surface area contributed by atoms with Crippen LogP contribution in [0.4, 0.5) is 0 Å². The standard InChI is InChI=1S/C20H22Cl2N6/c1-23-20(25-8-2-4-16-5-6-17(21)13-18(16)22)26-14-15-7-10-24-19(12-15)28-11-3-9-27-28/h3,5-7,9-13H,2,4,8,14H2,1H3,(H2,23,25,26). The van der Waals surface area contributed by atoms with Crippen LogP contribution < -0.4 is 10.6 Å². The topological polar surface area (TPSA) is 67.1 Å². The summed E-state index contributed by atoms with van der Waals surface area (Å²) in [5.41, 5.74) is 2.19. The average Bonchev–Trinajstić information content (AvgIpc) is 3.24. The first-order valence-electron chi connectivity index (χ1n) is 8.99. The van der Waals surface area contributed by atoms with Gasteiger partial charge in [-0.2, -0.15) is 5.10 Å². The lowest BCUT2D eigenvalue weighted by Crippen LogP contribution is -2.37. The van der Waals surface area contributed by atoms with E-state index >= 15 is 0 Å². The molecule has 146 valence electrons. The number of benzene rings is 1. The van der Waals surface area contributed by atoms with E-state index in [9.17, 15) is 0 Å². The molecule has 2 heterocycles. The molecular formula is C20H22Cl2N6. The van der Waals surface area contributed by atoms with Crippen LogP contribution in [0.5, 0.6) is 0 Å². The van der Waals surface area contributed by atoms with Gasteiger partial charge in [0.05, 0.1) is 0 Å². The molecule has 8 heteroatoms. The second-order valence-corrected chi connectivity index (χ2v) is 7.01. The Labute approximate surface area is 174 Å². The molecule has 6 nitrogen and oxygen atoms in total. The van der Waals surface area contributed by atoms with Crippen molar-refractivity contribution in [3.8, 4) is 5.82 Å². The summed E-state index contributed by atoms with van der Waals surface area (Å²) in [5, 5.41) is 12.2. The van der Waals surface area contributed by atoms with E-state index in [4.69, 9.17) is 23.2 Å². The number of aliphatic imine (C=N–C) groups is 1. The van der Waals surface area contributed by atoms with Crippen LogP contribution in [0.3, 0.4) is 0 Å². The third-order valence-electron chi connectivity index (χ3n) is 4.16. The van der Waals surface area contributed by atoms with E-state index < -0.39 is 0 Å². The van der Waals surface area contributed by atoms with Gasteiger partial charge in [-0.25, -0.2) is 9.67 Å². The van der Waals surface area contributed by atoms with Crippen LogP contribution in [0, 0.1) is 0 Å². The Morgan fingerprint density at radius 2 is 2.04 bits per heavy atom. The van der Waals surface area contributed by atoms with Crippen molar-refractivity contribution in [1.82, 2.24) is 25.4 Å². The van der Waals surface area contributed by atoms with E-state index in [0.29, 0.717) is 16.6 Å². The monoisotopic (exact) mass is 416 g/mol. The summed E-state index contributed by atoms with van der Waals surface area (Å²) in [4.78, 5) is 8.61. The SMILES string of the molecule is CN=C(NCCCc1ccc(Cl)cc1Cl)NCc1ccnc(-n2cccn2)c1. The Morgan fingerprint density at radius 1 is 1.14 bits per heavy atom. The number of aromatic nitrogens is 3. The number of hydrogen-bond acceptors (Lipinski definition) is 3. The quantitative estimate of drug-likeness (QED) is 0.348. The normalized spacial score (nSPS) is 11.5. The van der Waals surface area contributed by atoms with Gasteiger partial charge in [-0.05, 0) is 54.3 Å². The summed E-state index contributed by atoms with van der Waals surface area (Å²) in [6, 6.07) is 11.4. The Hall–Kier alpha value is -2.57. The van der Waals surface area contributed by atoms with Gasteiger partial charge in [0, 0.05) is 48.8 Å². The number of nitrogens with zero attached hydrogens (tertiary/aromatic N) is 4. The van der Waals surface area contributed by atoms with Crippen molar-refractivity contribution >= 4 is 29.2 Å². The van der Waals surface area contributed by atoms with Crippen molar-refractivity contribution < 1.29 is 0 Å². The van der Waals surface area contributed by atoms with Gasteiger partial charge in [0.2, 0.25) is 0 Å². The Bertz CT molecular complexity index is 924. The number of guanidine groups is 1. The molecule has 0 saturated carbocycles. The molecule has 2 aromatic heterocycles. The highest BCUT2D eigenvalue weighted by atomic mass is 35.5. The zero-order valence-corrected chi connectivity index (χ0v) is 17.1. The molecule has 0 bridgehead atoms. The van der Waals surface area contributed by atoms with E-state index in [1.165, 1.54) is 0 Å². The Morgan fingerprint density at radius 3 is 2.79 bits per heavy atom. The fourth-order valence-corrected chi connectivity index (χ4v) is 3.22. The minimum atomic E-state index is 0.638. The van der Waals surface area contributed by atoms with Crippen LogP contribution >= 0.6 is 23.2 Å². The lowest BCUT2D eigenvalue weighted by Gasteiger charge is -2.12. The van der Waals surface area contributed by atoms with Crippen molar-refractivity contribution in [1.29, 1.82) is 0 Å². The molecule has 3 aromatic rings. The number of halogens is 2. The minimum Gasteiger partial charge on any atom is -0.356 e. The molecule has 0 radical (unpaired) electrons. The molecule has 0 atom stereocenters. The van der Waals surface area contributed by atoms with Crippen LogP contribution in [0.2, 0.25) is 10.0 Å². The lowest BCUT2D eigenvalue weighted by molar-refractivity contribution is 0.741. The van der Waals surface area contributed by atoms with Gasteiger partial charge >= 0.3 is 0 Å². The molecule has 0 amide bonds. The van der Waals surface area contributed by atoms with E-state index in [-0.39, 0.29) is 0 Å². The first-order valence-corrected chi connectivity index (χ1v) is 9.74. The van der Waals surface area contributed by atoms with Gasteiger partial charge in [-0.15, -0.1) is 0 Å². The van der Waals surface area contributed by atoms with Crippen LogP contribution in [0.15, 0.2) is 60.0 Å². The van der Waals surface area contributed by atoms with E-state index in [2.05, 4.69) is 25.7 Å². The number of hydrogen-bond donors (Lipinski definition) is 2. The molecule has 0 aliphatic carbocycles. The van der Waals surface area contributed by atoms with Gasteiger partial charge in [-0.1, -0.05) is 29.3 Å².